The van der Waals surface area contributed by atoms with Gasteiger partial charge in [0.1, 0.15) is 0 Å². The molecule has 1 N–H and O–H groups in total. The van der Waals surface area contributed by atoms with E-state index in [4.69, 9.17) is 21.1 Å². The Morgan fingerprint density at radius 2 is 2.00 bits per heavy atom. The van der Waals surface area contributed by atoms with Crippen molar-refractivity contribution >= 4 is 40.4 Å². The molecule has 1 aromatic carbocycles. The lowest BCUT2D eigenvalue weighted by atomic mass is 9.94. The maximum absolute atomic E-state index is 12.9. The molecule has 3 aliphatic rings. The number of aliphatic imine (C=N–C) groups is 1. The van der Waals surface area contributed by atoms with Crippen molar-refractivity contribution in [1.29, 1.82) is 0 Å². The van der Waals surface area contributed by atoms with Crippen LogP contribution in [0.5, 0.6) is 0 Å². The standard InChI is InChI=1S/C24H29ClN4O4S/c1-3-33-23(31)21-16(2)27-24-29(22(21)17-4-6-18(25)7-5-17)19(15-34-24)14-20(30)26-8-9-28-10-12-32-13-11-28/h4-7,15,22H,3,8-14H2,1-2H3,(H,26,30)/t22-/m0/s1. The summed E-state index contributed by atoms with van der Waals surface area (Å²) in [4.78, 5) is 34.6. The Kier molecular flexibility index (Phi) is 8.31. The first-order valence-corrected chi connectivity index (χ1v) is 12.7. The van der Waals surface area contributed by atoms with Gasteiger partial charge in [-0.25, -0.2) is 9.79 Å². The molecule has 1 amide bonds. The van der Waals surface area contributed by atoms with E-state index < -0.39 is 12.0 Å². The van der Waals surface area contributed by atoms with E-state index in [0.717, 1.165) is 49.3 Å². The van der Waals surface area contributed by atoms with E-state index in [0.29, 0.717) is 22.8 Å². The van der Waals surface area contributed by atoms with Gasteiger partial charge in [-0.05, 0) is 37.0 Å². The number of carbonyl (C=O) groups is 2. The zero-order chi connectivity index (χ0) is 24.1. The fourth-order valence-corrected chi connectivity index (χ4v) is 5.30. The molecule has 182 valence electrons. The quantitative estimate of drug-likeness (QED) is 0.544. The molecule has 0 radical (unpaired) electrons. The summed E-state index contributed by atoms with van der Waals surface area (Å²) in [6, 6.07) is 6.93. The molecule has 0 aromatic heterocycles. The highest BCUT2D eigenvalue weighted by atomic mass is 35.5. The third-order valence-corrected chi connectivity index (χ3v) is 7.02. The molecule has 1 fully saturated rings. The van der Waals surface area contributed by atoms with Crippen LogP contribution in [0.4, 0.5) is 0 Å². The number of halogens is 1. The summed E-state index contributed by atoms with van der Waals surface area (Å²) in [5, 5.41) is 6.30. The van der Waals surface area contributed by atoms with Crippen molar-refractivity contribution in [3.63, 3.8) is 0 Å². The summed E-state index contributed by atoms with van der Waals surface area (Å²) in [6.45, 7) is 8.47. The van der Waals surface area contributed by atoms with Crippen molar-refractivity contribution in [1.82, 2.24) is 15.1 Å². The minimum absolute atomic E-state index is 0.0693. The fourth-order valence-electron chi connectivity index (χ4n) is 4.21. The predicted molar refractivity (Wildman–Crippen MR) is 133 cm³/mol. The van der Waals surface area contributed by atoms with Crippen molar-refractivity contribution in [3.8, 4) is 0 Å². The highest BCUT2D eigenvalue weighted by molar-refractivity contribution is 8.16. The molecule has 3 aliphatic heterocycles. The van der Waals surface area contributed by atoms with Crippen LogP contribution in [-0.2, 0) is 19.1 Å². The van der Waals surface area contributed by atoms with Gasteiger partial charge in [-0.2, -0.15) is 0 Å². The van der Waals surface area contributed by atoms with Gasteiger partial charge in [-0.15, -0.1) is 0 Å². The zero-order valence-electron chi connectivity index (χ0n) is 19.4. The Hall–Kier alpha value is -2.33. The highest BCUT2D eigenvalue weighted by Crippen LogP contribution is 2.44. The molecule has 0 aliphatic carbocycles. The third kappa shape index (κ3) is 5.66. The van der Waals surface area contributed by atoms with Gasteiger partial charge in [0.05, 0.1) is 43.6 Å². The lowest BCUT2D eigenvalue weighted by Gasteiger charge is -2.36. The second kappa shape index (κ2) is 11.4. The van der Waals surface area contributed by atoms with E-state index in [-0.39, 0.29) is 18.9 Å². The molecule has 0 spiro atoms. The average Bonchev–Trinajstić information content (AvgIpc) is 3.21. The van der Waals surface area contributed by atoms with Gasteiger partial charge in [-0.1, -0.05) is 35.5 Å². The Labute approximate surface area is 209 Å². The van der Waals surface area contributed by atoms with Crippen LogP contribution >= 0.6 is 23.4 Å². The van der Waals surface area contributed by atoms with Gasteiger partial charge in [0.25, 0.3) is 0 Å². The molecule has 10 heteroatoms. The highest BCUT2D eigenvalue weighted by Gasteiger charge is 2.41. The maximum atomic E-state index is 12.9. The van der Waals surface area contributed by atoms with Crippen molar-refractivity contribution in [2.24, 2.45) is 4.99 Å². The lowest BCUT2D eigenvalue weighted by Crippen LogP contribution is -2.42. The van der Waals surface area contributed by atoms with Gasteiger partial charge in [0.15, 0.2) is 5.17 Å². The van der Waals surface area contributed by atoms with Gasteiger partial charge in [0.2, 0.25) is 5.91 Å². The van der Waals surface area contributed by atoms with Crippen molar-refractivity contribution in [3.05, 3.63) is 57.2 Å². The molecular weight excluding hydrogens is 476 g/mol. The number of esters is 1. The number of nitrogens with one attached hydrogen (secondary N) is 1. The van der Waals surface area contributed by atoms with Crippen LogP contribution in [0.15, 0.2) is 51.6 Å². The maximum Gasteiger partial charge on any atom is 0.338 e. The number of thioether (sulfide) groups is 1. The number of ether oxygens (including phenoxy) is 2. The van der Waals surface area contributed by atoms with E-state index in [1.54, 1.807) is 19.1 Å². The second-order valence-corrected chi connectivity index (χ2v) is 9.42. The van der Waals surface area contributed by atoms with Crippen molar-refractivity contribution in [2.45, 2.75) is 26.3 Å². The Bertz CT molecular complexity index is 1020. The molecule has 0 saturated carbocycles. The number of amides is 1. The minimum atomic E-state index is -0.453. The normalized spacial score (nSPS) is 20.6. The summed E-state index contributed by atoms with van der Waals surface area (Å²) >= 11 is 7.58. The van der Waals surface area contributed by atoms with Crippen LogP contribution < -0.4 is 5.32 Å². The summed E-state index contributed by atoms with van der Waals surface area (Å²) in [7, 11) is 0. The summed E-state index contributed by atoms with van der Waals surface area (Å²) in [6.07, 6.45) is 0.189. The third-order valence-electron chi connectivity index (χ3n) is 5.88. The van der Waals surface area contributed by atoms with Crippen LogP contribution in [0.3, 0.4) is 0 Å². The largest absolute Gasteiger partial charge is 0.463 e. The second-order valence-electron chi connectivity index (χ2n) is 8.15. The van der Waals surface area contributed by atoms with Crippen LogP contribution in [0.25, 0.3) is 0 Å². The summed E-state index contributed by atoms with van der Waals surface area (Å²) in [5.74, 6) is -0.478. The van der Waals surface area contributed by atoms with Gasteiger partial charge in [0, 0.05) is 36.9 Å². The van der Waals surface area contributed by atoms with Crippen LogP contribution in [0, 0.1) is 0 Å². The number of allylic oxidation sites excluding steroid dienone is 1. The summed E-state index contributed by atoms with van der Waals surface area (Å²) < 4.78 is 10.7. The van der Waals surface area contributed by atoms with E-state index in [2.05, 4.69) is 15.2 Å². The van der Waals surface area contributed by atoms with Crippen LogP contribution in [0.1, 0.15) is 31.9 Å². The molecule has 1 aromatic rings. The molecule has 8 nitrogen and oxygen atoms in total. The van der Waals surface area contributed by atoms with E-state index >= 15 is 0 Å². The van der Waals surface area contributed by atoms with Gasteiger partial charge >= 0.3 is 5.97 Å². The Morgan fingerprint density at radius 3 is 2.71 bits per heavy atom. The lowest BCUT2D eigenvalue weighted by molar-refractivity contribution is -0.139. The number of rotatable bonds is 8. The molecule has 34 heavy (non-hydrogen) atoms. The molecule has 1 atom stereocenters. The molecule has 3 heterocycles. The number of carbonyl (C=O) groups excluding carboxylic acids is 2. The molecule has 4 rings (SSSR count). The van der Waals surface area contributed by atoms with E-state index in [1.807, 2.05) is 29.4 Å². The number of fused-ring (bicyclic) bond motifs is 1. The number of nitrogens with zero attached hydrogens (tertiary/aromatic N) is 3. The molecular formula is C24H29ClN4O4S. The van der Waals surface area contributed by atoms with E-state index in [9.17, 15) is 9.59 Å². The summed E-state index contributed by atoms with van der Waals surface area (Å²) in [5.41, 5.74) is 2.75. The smallest absolute Gasteiger partial charge is 0.338 e. The number of amidine groups is 1. The average molecular weight is 505 g/mol. The number of hydrogen-bond donors (Lipinski definition) is 1. The number of morpholine rings is 1. The van der Waals surface area contributed by atoms with Crippen LogP contribution in [0.2, 0.25) is 5.02 Å². The Balaban J connectivity index is 1.51. The fraction of sp³-hybridized carbons (Fsp3) is 0.458. The molecule has 1 saturated heterocycles. The van der Waals surface area contributed by atoms with Crippen LogP contribution in [-0.4, -0.2) is 72.8 Å². The topological polar surface area (TPSA) is 83.5 Å². The molecule has 0 bridgehead atoms. The van der Waals surface area contributed by atoms with Crippen molar-refractivity contribution in [2.75, 3.05) is 46.0 Å². The van der Waals surface area contributed by atoms with Gasteiger partial charge < -0.3 is 19.7 Å². The molecule has 0 unspecified atom stereocenters. The first kappa shape index (κ1) is 24.8. The Morgan fingerprint density at radius 1 is 1.26 bits per heavy atom. The number of hydrogen-bond acceptors (Lipinski definition) is 8. The monoisotopic (exact) mass is 504 g/mol. The van der Waals surface area contributed by atoms with Gasteiger partial charge in [-0.3, -0.25) is 9.69 Å². The minimum Gasteiger partial charge on any atom is -0.463 e. The first-order valence-electron chi connectivity index (χ1n) is 11.4. The first-order chi connectivity index (χ1) is 16.5. The SMILES string of the molecule is CCOC(=O)C1=C(C)N=C2SC=C(CC(=O)NCCN3CCOCC3)N2[C@H]1c1ccc(Cl)cc1. The van der Waals surface area contributed by atoms with E-state index in [1.165, 1.54) is 11.8 Å². The van der Waals surface area contributed by atoms with Crippen molar-refractivity contribution < 1.29 is 19.1 Å². The number of benzene rings is 1. The predicted octanol–water partition coefficient (Wildman–Crippen LogP) is 3.32. The zero-order valence-corrected chi connectivity index (χ0v) is 21.0.